The fourth-order valence-corrected chi connectivity index (χ4v) is 2.98. The number of fused-ring (bicyclic) bond motifs is 1. The Morgan fingerprint density at radius 1 is 1.40 bits per heavy atom. The minimum Gasteiger partial charge on any atom is -0.492 e. The number of hydrogen-bond acceptors (Lipinski definition) is 4. The lowest BCUT2D eigenvalue weighted by molar-refractivity contribution is 0.216. The molecule has 0 bridgehead atoms. The van der Waals surface area contributed by atoms with Gasteiger partial charge >= 0.3 is 0 Å². The lowest BCUT2D eigenvalue weighted by atomic mass is 10.1. The number of nitrogens with two attached hydrogens (primary N) is 1. The summed E-state index contributed by atoms with van der Waals surface area (Å²) in [6.07, 6.45) is 2.96. The van der Waals surface area contributed by atoms with E-state index in [0.717, 1.165) is 16.6 Å². The Kier molecular flexibility index (Phi) is 5.11. The van der Waals surface area contributed by atoms with Gasteiger partial charge in [-0.1, -0.05) is 11.6 Å². The molecule has 0 fully saturated rings. The summed E-state index contributed by atoms with van der Waals surface area (Å²) in [4.78, 5) is 7.41. The molecule has 132 valence electrons. The van der Waals surface area contributed by atoms with E-state index in [1.54, 1.807) is 13.1 Å². The van der Waals surface area contributed by atoms with E-state index in [0.29, 0.717) is 30.2 Å². The molecule has 2 aromatic heterocycles. The highest BCUT2D eigenvalue weighted by Crippen LogP contribution is 2.37. The molecule has 1 aromatic carbocycles. The van der Waals surface area contributed by atoms with Crippen LogP contribution in [0.1, 0.15) is 24.2 Å². The molecule has 0 radical (unpaired) electrons. The molecule has 3 rings (SSSR count). The minimum atomic E-state index is -0.533. The molecular weight excluding hydrogens is 345 g/mol. The van der Waals surface area contributed by atoms with Gasteiger partial charge in [0.05, 0.1) is 16.8 Å². The predicted molar refractivity (Wildman–Crippen MR) is 95.8 cm³/mol. The van der Waals surface area contributed by atoms with Crippen LogP contribution in [0.15, 0.2) is 30.6 Å². The first kappa shape index (κ1) is 17.5. The van der Waals surface area contributed by atoms with Crippen molar-refractivity contribution in [1.82, 2.24) is 9.97 Å². The van der Waals surface area contributed by atoms with Crippen LogP contribution < -0.4 is 15.2 Å². The molecule has 3 N–H and O–H groups in total. The molecule has 0 saturated heterocycles. The zero-order chi connectivity index (χ0) is 18.0. The Hall–Kier alpha value is -2.31. The van der Waals surface area contributed by atoms with Crippen LogP contribution in [0.5, 0.6) is 11.5 Å². The van der Waals surface area contributed by atoms with Gasteiger partial charge in [-0.05, 0) is 37.6 Å². The second-order valence-corrected chi connectivity index (χ2v) is 6.09. The molecule has 5 nitrogen and oxygen atoms in total. The number of hydrogen-bond donors (Lipinski definition) is 2. The molecule has 0 aliphatic heterocycles. The average molecular weight is 364 g/mol. The van der Waals surface area contributed by atoms with Crippen LogP contribution in [0.4, 0.5) is 4.39 Å². The van der Waals surface area contributed by atoms with E-state index in [2.05, 4.69) is 9.97 Å². The number of halogens is 2. The van der Waals surface area contributed by atoms with Gasteiger partial charge in [0.1, 0.15) is 35.7 Å². The minimum absolute atomic E-state index is 0.0196. The molecule has 3 aromatic rings. The highest BCUT2D eigenvalue weighted by Gasteiger charge is 2.21. The lowest BCUT2D eigenvalue weighted by Crippen LogP contribution is -2.14. The van der Waals surface area contributed by atoms with Crippen molar-refractivity contribution in [2.24, 2.45) is 5.73 Å². The van der Waals surface area contributed by atoms with Crippen molar-refractivity contribution in [2.45, 2.75) is 20.0 Å². The van der Waals surface area contributed by atoms with Gasteiger partial charge in [0.2, 0.25) is 0 Å². The smallest absolute Gasteiger partial charge is 0.142 e. The number of aromatic nitrogens is 2. The maximum absolute atomic E-state index is 13.9. The topological polar surface area (TPSA) is 73.2 Å². The Labute approximate surface area is 149 Å². The molecule has 1 unspecified atom stereocenters. The quantitative estimate of drug-likeness (QED) is 0.690. The first-order valence-electron chi connectivity index (χ1n) is 7.92. The first-order valence-corrected chi connectivity index (χ1v) is 8.30. The van der Waals surface area contributed by atoms with E-state index < -0.39 is 11.9 Å². The van der Waals surface area contributed by atoms with Crippen LogP contribution in [0, 0.1) is 12.7 Å². The fraction of sp³-hybridized carbons (Fsp3) is 0.278. The van der Waals surface area contributed by atoms with Crippen LogP contribution in [0.2, 0.25) is 5.02 Å². The van der Waals surface area contributed by atoms with E-state index >= 15 is 0 Å². The van der Waals surface area contributed by atoms with Gasteiger partial charge in [0, 0.05) is 18.1 Å². The molecular formula is C18H19ClFN3O2. The van der Waals surface area contributed by atoms with E-state index in [1.165, 1.54) is 12.1 Å². The lowest BCUT2D eigenvalue weighted by Gasteiger charge is -2.20. The summed E-state index contributed by atoms with van der Waals surface area (Å²) in [6, 6.07) is 4.68. The number of nitrogens with zero attached hydrogens (tertiary/aromatic N) is 1. The Balaban J connectivity index is 1.92. The van der Waals surface area contributed by atoms with Crippen molar-refractivity contribution in [2.75, 3.05) is 13.2 Å². The van der Waals surface area contributed by atoms with Crippen molar-refractivity contribution in [1.29, 1.82) is 0 Å². The predicted octanol–water partition coefficient (Wildman–Crippen LogP) is 4.14. The molecule has 2 heterocycles. The van der Waals surface area contributed by atoms with Crippen LogP contribution in [0.25, 0.3) is 11.0 Å². The molecule has 7 heteroatoms. The molecule has 1 atom stereocenters. The summed E-state index contributed by atoms with van der Waals surface area (Å²) in [6.45, 7) is 4.41. The molecule has 0 aliphatic carbocycles. The fourth-order valence-electron chi connectivity index (χ4n) is 2.67. The van der Waals surface area contributed by atoms with Gasteiger partial charge in [0.15, 0.2) is 0 Å². The number of aromatic amines is 1. The van der Waals surface area contributed by atoms with Gasteiger partial charge in [-0.15, -0.1) is 0 Å². The van der Waals surface area contributed by atoms with Crippen molar-refractivity contribution in [3.05, 3.63) is 52.6 Å². The number of pyridine rings is 1. The molecule has 0 aliphatic rings. The summed E-state index contributed by atoms with van der Waals surface area (Å²) in [5.74, 6) is 0.492. The summed E-state index contributed by atoms with van der Waals surface area (Å²) in [5, 5.41) is 0.948. The number of H-pyrrole nitrogens is 1. The number of nitrogens with one attached hydrogen (secondary N) is 1. The van der Waals surface area contributed by atoms with Gasteiger partial charge in [0.25, 0.3) is 0 Å². The van der Waals surface area contributed by atoms with Crippen molar-refractivity contribution < 1.29 is 13.9 Å². The highest BCUT2D eigenvalue weighted by atomic mass is 35.5. The van der Waals surface area contributed by atoms with Crippen LogP contribution >= 0.6 is 11.6 Å². The van der Waals surface area contributed by atoms with Crippen LogP contribution in [-0.2, 0) is 0 Å². The van der Waals surface area contributed by atoms with Gasteiger partial charge in [-0.25, -0.2) is 9.37 Å². The number of rotatable bonds is 6. The molecule has 25 heavy (non-hydrogen) atoms. The largest absolute Gasteiger partial charge is 0.492 e. The van der Waals surface area contributed by atoms with Gasteiger partial charge in [-0.2, -0.15) is 0 Å². The number of aryl methyl sites for hydroxylation is 1. The summed E-state index contributed by atoms with van der Waals surface area (Å²) in [5.41, 5.74) is 7.77. The van der Waals surface area contributed by atoms with Gasteiger partial charge < -0.3 is 20.2 Å². The van der Waals surface area contributed by atoms with E-state index in [4.69, 9.17) is 26.8 Å². The standard InChI is InChI=1S/C18H19ClFN3O2/c1-10-8-22-18-13(10)7-12(9-23-18)25-11(2)16-15(24-6-5-21)4-3-14(20)17(16)19/h3-4,7-9,11H,5-6,21H2,1-2H3,(H,22,23). The molecule has 0 saturated carbocycles. The van der Waals surface area contributed by atoms with E-state index in [-0.39, 0.29) is 5.02 Å². The summed E-state index contributed by atoms with van der Waals surface area (Å²) >= 11 is 6.15. The third-order valence-corrected chi connectivity index (χ3v) is 4.28. The first-order chi connectivity index (χ1) is 12.0. The Morgan fingerprint density at radius 2 is 2.20 bits per heavy atom. The average Bonchev–Trinajstić information content (AvgIpc) is 2.96. The Morgan fingerprint density at radius 3 is 2.96 bits per heavy atom. The number of benzene rings is 1. The normalized spacial score (nSPS) is 12.4. The SMILES string of the molecule is Cc1c[nH]c2ncc(OC(C)c3c(OCCN)ccc(F)c3Cl)cc12. The monoisotopic (exact) mass is 363 g/mol. The van der Waals surface area contributed by atoms with E-state index in [1.807, 2.05) is 19.2 Å². The third-order valence-electron chi connectivity index (χ3n) is 3.90. The zero-order valence-corrected chi connectivity index (χ0v) is 14.7. The van der Waals surface area contributed by atoms with E-state index in [9.17, 15) is 4.39 Å². The Bertz CT molecular complexity index is 897. The maximum Gasteiger partial charge on any atom is 0.142 e. The second-order valence-electron chi connectivity index (χ2n) is 5.71. The van der Waals surface area contributed by atoms with Gasteiger partial charge in [-0.3, -0.25) is 0 Å². The second kappa shape index (κ2) is 7.29. The van der Waals surface area contributed by atoms with Crippen LogP contribution in [0.3, 0.4) is 0 Å². The van der Waals surface area contributed by atoms with Crippen molar-refractivity contribution in [3.8, 4) is 11.5 Å². The third kappa shape index (κ3) is 3.55. The zero-order valence-electron chi connectivity index (χ0n) is 14.0. The maximum atomic E-state index is 13.9. The van der Waals surface area contributed by atoms with Crippen molar-refractivity contribution >= 4 is 22.6 Å². The number of ether oxygens (including phenoxy) is 2. The molecule has 0 amide bonds. The van der Waals surface area contributed by atoms with Crippen molar-refractivity contribution in [3.63, 3.8) is 0 Å². The van der Waals surface area contributed by atoms with Crippen LogP contribution in [-0.4, -0.2) is 23.1 Å². The summed E-state index contributed by atoms with van der Waals surface area (Å²) in [7, 11) is 0. The molecule has 0 spiro atoms. The highest BCUT2D eigenvalue weighted by molar-refractivity contribution is 6.31. The summed E-state index contributed by atoms with van der Waals surface area (Å²) < 4.78 is 25.4.